The molecule has 0 saturated carbocycles. The van der Waals surface area contributed by atoms with Crippen LogP contribution >= 0.6 is 12.6 Å². The Hall–Kier alpha value is -1.89. The first-order valence-corrected chi connectivity index (χ1v) is 18.3. The highest BCUT2D eigenvalue weighted by atomic mass is 32.1. The largest absolute Gasteiger partial charge is 0.363 e. The molecule has 5 rings (SSSR count). The van der Waals surface area contributed by atoms with Crippen LogP contribution in [-0.2, 0) is 19.2 Å². The van der Waals surface area contributed by atoms with Crippen LogP contribution < -0.4 is 5.32 Å². The molecular weight excluding hydrogens is 592 g/mol. The summed E-state index contributed by atoms with van der Waals surface area (Å²) in [6.07, 6.45) is 10.8. The van der Waals surface area contributed by atoms with E-state index >= 15 is 0 Å². The monoisotopic (exact) mass is 648 g/mol. The van der Waals surface area contributed by atoms with Gasteiger partial charge in [-0.25, -0.2) is 0 Å². The second kappa shape index (κ2) is 15.8. The predicted octanol–water partition coefficient (Wildman–Crippen LogP) is 2.18. The highest BCUT2D eigenvalue weighted by molar-refractivity contribution is 7.80. The van der Waals surface area contributed by atoms with Crippen molar-refractivity contribution in [1.82, 2.24) is 29.8 Å². The van der Waals surface area contributed by atoms with Crippen molar-refractivity contribution >= 4 is 36.3 Å². The van der Waals surface area contributed by atoms with Crippen LogP contribution in [0.1, 0.15) is 103 Å². The molecule has 5 aliphatic rings. The van der Waals surface area contributed by atoms with E-state index in [0.29, 0.717) is 84.0 Å². The predicted molar refractivity (Wildman–Crippen MR) is 175 cm³/mol. The van der Waals surface area contributed by atoms with Gasteiger partial charge in [0.15, 0.2) is 5.85 Å². The van der Waals surface area contributed by atoms with Crippen LogP contribution in [0.3, 0.4) is 0 Å². The van der Waals surface area contributed by atoms with Crippen LogP contribution in [0.5, 0.6) is 0 Å². The zero-order valence-corrected chi connectivity index (χ0v) is 28.2. The number of amides is 4. The third kappa shape index (κ3) is 8.34. The fourth-order valence-corrected chi connectivity index (χ4v) is 8.77. The van der Waals surface area contributed by atoms with E-state index in [9.17, 15) is 24.3 Å². The van der Waals surface area contributed by atoms with Gasteiger partial charge in [-0.05, 0) is 83.4 Å². The van der Waals surface area contributed by atoms with Crippen molar-refractivity contribution < 1.29 is 24.3 Å². The fraction of sp³-hybridized carbons (Fsp3) is 0.879. The van der Waals surface area contributed by atoms with Crippen molar-refractivity contribution in [1.29, 1.82) is 0 Å². The normalized spacial score (nSPS) is 27.4. The number of carbonyl (C=O) groups excluding carboxylic acids is 4. The average molecular weight is 649 g/mol. The van der Waals surface area contributed by atoms with E-state index in [4.69, 9.17) is 0 Å². The second-order valence-electron chi connectivity index (χ2n) is 14.0. The quantitative estimate of drug-likeness (QED) is 0.126. The Morgan fingerprint density at radius 2 is 1.29 bits per heavy atom. The molecule has 0 bridgehead atoms. The van der Waals surface area contributed by atoms with Crippen molar-refractivity contribution in [3.8, 4) is 0 Å². The molecule has 254 valence electrons. The zero-order valence-electron chi connectivity index (χ0n) is 27.3. The molecular formula is C33H56N6O5S. The van der Waals surface area contributed by atoms with E-state index in [1.54, 1.807) is 0 Å². The van der Waals surface area contributed by atoms with Crippen molar-refractivity contribution in [3.05, 3.63) is 0 Å². The molecule has 0 spiro atoms. The standard InChI is InChI=1S/C33H56N6O5S/c1-25(36-16-3-9-30(36)41)22-27(37-17-4-10-31(37)42)24-28(38-18-5-11-32(38)43)23-26(12-20-35-15-2-8-29(35)40)39-19-6-13-33(39,44)34-14-7-21-45/h25-28,34,44-45H,2-24H2,1H3. The number of likely N-dealkylation sites (tertiary alicyclic amines) is 5. The molecule has 12 heteroatoms. The van der Waals surface area contributed by atoms with Gasteiger partial charge in [-0.1, -0.05) is 0 Å². The molecule has 45 heavy (non-hydrogen) atoms. The Balaban J connectivity index is 1.40. The lowest BCUT2D eigenvalue weighted by Gasteiger charge is -2.44. The molecule has 4 amide bonds. The maximum absolute atomic E-state index is 13.3. The number of aliphatic hydroxyl groups is 1. The van der Waals surface area contributed by atoms with Gasteiger partial charge in [-0.15, -0.1) is 0 Å². The number of hydrogen-bond donors (Lipinski definition) is 3. The lowest BCUT2D eigenvalue weighted by molar-refractivity contribution is -0.138. The van der Waals surface area contributed by atoms with E-state index < -0.39 is 5.85 Å². The minimum atomic E-state index is -1.14. The van der Waals surface area contributed by atoms with Crippen LogP contribution in [0.25, 0.3) is 0 Å². The van der Waals surface area contributed by atoms with Gasteiger partial charge in [-0.2, -0.15) is 12.6 Å². The van der Waals surface area contributed by atoms with Gasteiger partial charge in [0.1, 0.15) is 0 Å². The van der Waals surface area contributed by atoms with Crippen molar-refractivity contribution in [2.75, 3.05) is 51.6 Å². The summed E-state index contributed by atoms with van der Waals surface area (Å²) in [6, 6.07) is -0.222. The second-order valence-corrected chi connectivity index (χ2v) is 14.4. The Labute approximate surface area is 274 Å². The summed E-state index contributed by atoms with van der Waals surface area (Å²) in [5.41, 5.74) is 0. The molecule has 5 unspecified atom stereocenters. The third-order valence-electron chi connectivity index (χ3n) is 10.9. The van der Waals surface area contributed by atoms with E-state index in [0.717, 1.165) is 63.9 Å². The van der Waals surface area contributed by atoms with Crippen molar-refractivity contribution in [2.45, 2.75) is 133 Å². The van der Waals surface area contributed by atoms with Gasteiger partial charge in [-0.3, -0.25) is 29.4 Å². The Bertz CT molecular complexity index is 1060. The first-order chi connectivity index (χ1) is 21.7. The molecule has 2 N–H and O–H groups in total. The summed E-state index contributed by atoms with van der Waals surface area (Å²) in [5, 5.41) is 15.3. The van der Waals surface area contributed by atoms with E-state index in [2.05, 4.69) is 29.8 Å². The first-order valence-electron chi connectivity index (χ1n) is 17.7. The third-order valence-corrected chi connectivity index (χ3v) is 11.2. The van der Waals surface area contributed by atoms with Gasteiger partial charge in [0.25, 0.3) is 0 Å². The van der Waals surface area contributed by atoms with E-state index in [1.807, 2.05) is 19.6 Å². The maximum Gasteiger partial charge on any atom is 0.222 e. The van der Waals surface area contributed by atoms with Gasteiger partial charge >= 0.3 is 0 Å². The van der Waals surface area contributed by atoms with Crippen molar-refractivity contribution in [2.24, 2.45) is 0 Å². The lowest BCUT2D eigenvalue weighted by atomic mass is 9.91. The minimum Gasteiger partial charge on any atom is -0.363 e. The summed E-state index contributed by atoms with van der Waals surface area (Å²) < 4.78 is 0. The van der Waals surface area contributed by atoms with Gasteiger partial charge in [0.2, 0.25) is 23.6 Å². The Morgan fingerprint density at radius 3 is 1.84 bits per heavy atom. The highest BCUT2D eigenvalue weighted by Crippen LogP contribution is 2.34. The van der Waals surface area contributed by atoms with Crippen LogP contribution in [0, 0.1) is 0 Å². The number of thiol groups is 1. The maximum atomic E-state index is 13.3. The summed E-state index contributed by atoms with van der Waals surface area (Å²) in [7, 11) is 0. The summed E-state index contributed by atoms with van der Waals surface area (Å²) in [4.78, 5) is 61.9. The molecule has 5 fully saturated rings. The molecule has 5 saturated heterocycles. The van der Waals surface area contributed by atoms with Gasteiger partial charge in [0, 0.05) is 95.5 Å². The SMILES string of the molecule is CC(CC(CC(CC(CCN1CCCC1=O)N1CCCC1(O)NCCCS)N1CCCC1=O)N1CCCC1=O)N1CCCC1=O. The summed E-state index contributed by atoms with van der Waals surface area (Å²) >= 11 is 4.35. The number of nitrogens with zero attached hydrogens (tertiary/aromatic N) is 5. The zero-order chi connectivity index (χ0) is 32.0. The van der Waals surface area contributed by atoms with Crippen molar-refractivity contribution in [3.63, 3.8) is 0 Å². The van der Waals surface area contributed by atoms with E-state index in [-0.39, 0.29) is 47.8 Å². The molecule has 5 heterocycles. The lowest BCUT2D eigenvalue weighted by Crippen LogP contribution is -2.60. The Morgan fingerprint density at radius 1 is 0.733 bits per heavy atom. The molecule has 0 radical (unpaired) electrons. The highest BCUT2D eigenvalue weighted by Gasteiger charge is 2.45. The van der Waals surface area contributed by atoms with Gasteiger partial charge < -0.3 is 24.7 Å². The molecule has 0 aliphatic carbocycles. The smallest absolute Gasteiger partial charge is 0.222 e. The van der Waals surface area contributed by atoms with Crippen LogP contribution in [0.2, 0.25) is 0 Å². The Kier molecular flexibility index (Phi) is 12.1. The molecule has 5 atom stereocenters. The summed E-state index contributed by atoms with van der Waals surface area (Å²) in [5.74, 6) is 0.305. The molecule has 0 aromatic heterocycles. The minimum absolute atomic E-state index is 0.0185. The molecule has 5 aliphatic heterocycles. The first kappa shape index (κ1) is 34.4. The van der Waals surface area contributed by atoms with Crippen LogP contribution in [-0.4, -0.2) is 135 Å². The molecule has 0 aromatic rings. The van der Waals surface area contributed by atoms with Crippen LogP contribution in [0.4, 0.5) is 0 Å². The van der Waals surface area contributed by atoms with Crippen LogP contribution in [0.15, 0.2) is 0 Å². The average Bonchev–Trinajstić information content (AvgIpc) is 3.85. The summed E-state index contributed by atoms with van der Waals surface area (Å²) in [6.45, 7) is 7.09. The van der Waals surface area contributed by atoms with E-state index in [1.165, 1.54) is 0 Å². The van der Waals surface area contributed by atoms with Gasteiger partial charge in [0.05, 0.1) is 0 Å². The molecule has 11 nitrogen and oxygen atoms in total. The number of hydrogen-bond acceptors (Lipinski definition) is 8. The number of nitrogens with one attached hydrogen (secondary N) is 1. The number of carbonyl (C=O) groups is 4. The fourth-order valence-electron chi connectivity index (χ4n) is 8.61. The topological polar surface area (TPSA) is 117 Å². The molecule has 0 aromatic carbocycles. The number of rotatable bonds is 17.